The van der Waals surface area contributed by atoms with E-state index in [0.29, 0.717) is 27.3 Å². The Morgan fingerprint density at radius 3 is 2.48 bits per heavy atom. The first-order valence-corrected chi connectivity index (χ1v) is 9.39. The third-order valence-corrected chi connectivity index (χ3v) is 5.27. The van der Waals surface area contributed by atoms with E-state index in [2.05, 4.69) is 9.97 Å². The second-order valence-electron chi connectivity index (χ2n) is 6.66. The number of nitrogens with zero attached hydrogens (tertiary/aromatic N) is 2. The summed E-state index contributed by atoms with van der Waals surface area (Å²) in [6, 6.07) is 22.1. The van der Waals surface area contributed by atoms with E-state index in [-0.39, 0.29) is 0 Å². The van der Waals surface area contributed by atoms with Gasteiger partial charge in [-0.2, -0.15) is 0 Å². The third-order valence-electron chi connectivity index (χ3n) is 4.94. The number of hydrogen-bond donors (Lipinski definition) is 1. The molecule has 5 aromatic rings. The van der Waals surface area contributed by atoms with Crippen LogP contribution < -0.4 is 11.2 Å². The number of rotatable bonds is 2. The second-order valence-corrected chi connectivity index (χ2v) is 7.07. The first-order valence-electron chi connectivity index (χ1n) is 9.01. The van der Waals surface area contributed by atoms with Crippen LogP contribution >= 0.6 is 11.6 Å². The summed E-state index contributed by atoms with van der Waals surface area (Å²) in [5.41, 5.74) is 1.34. The smallest absolute Gasteiger partial charge is 0.306 e. The molecule has 0 radical (unpaired) electrons. The van der Waals surface area contributed by atoms with Gasteiger partial charge in [0.25, 0.3) is 5.56 Å². The lowest BCUT2D eigenvalue weighted by atomic mass is 10.1. The van der Waals surface area contributed by atoms with Gasteiger partial charge in [-0.1, -0.05) is 66.2 Å². The zero-order valence-electron chi connectivity index (χ0n) is 15.1. The van der Waals surface area contributed by atoms with Gasteiger partial charge >= 0.3 is 5.69 Å². The van der Waals surface area contributed by atoms with Crippen LogP contribution in [0.3, 0.4) is 0 Å². The van der Waals surface area contributed by atoms with Gasteiger partial charge in [-0.25, -0.2) is 9.36 Å². The third kappa shape index (κ3) is 2.83. The van der Waals surface area contributed by atoms with E-state index in [9.17, 15) is 9.59 Å². The van der Waals surface area contributed by atoms with Crippen molar-refractivity contribution < 1.29 is 0 Å². The van der Waals surface area contributed by atoms with Crippen molar-refractivity contribution in [2.24, 2.45) is 0 Å². The molecule has 0 saturated carbocycles. The van der Waals surface area contributed by atoms with Crippen LogP contribution in [-0.2, 0) is 0 Å². The Labute approximate surface area is 169 Å². The predicted molar refractivity (Wildman–Crippen MR) is 116 cm³/mol. The first-order chi connectivity index (χ1) is 14.1. The highest BCUT2D eigenvalue weighted by molar-refractivity contribution is 6.33. The van der Waals surface area contributed by atoms with Crippen molar-refractivity contribution in [2.75, 3.05) is 0 Å². The van der Waals surface area contributed by atoms with Crippen molar-refractivity contribution in [3.05, 3.63) is 105 Å². The molecule has 2 aromatic heterocycles. The Morgan fingerprint density at radius 2 is 1.62 bits per heavy atom. The minimum Gasteiger partial charge on any atom is -0.306 e. The highest BCUT2D eigenvalue weighted by atomic mass is 35.5. The van der Waals surface area contributed by atoms with Crippen molar-refractivity contribution in [1.29, 1.82) is 0 Å². The molecule has 0 spiro atoms. The van der Waals surface area contributed by atoms with Gasteiger partial charge in [0.2, 0.25) is 0 Å². The Kier molecular flexibility index (Phi) is 4.03. The van der Waals surface area contributed by atoms with Crippen molar-refractivity contribution >= 4 is 33.3 Å². The van der Waals surface area contributed by atoms with Crippen LogP contribution in [0, 0.1) is 0 Å². The van der Waals surface area contributed by atoms with Gasteiger partial charge in [0.15, 0.2) is 0 Å². The summed E-state index contributed by atoms with van der Waals surface area (Å²) in [5.74, 6) is 0. The van der Waals surface area contributed by atoms with Crippen LogP contribution in [0.4, 0.5) is 0 Å². The van der Waals surface area contributed by atoms with Gasteiger partial charge < -0.3 is 4.98 Å². The van der Waals surface area contributed by atoms with E-state index in [1.807, 2.05) is 54.6 Å². The van der Waals surface area contributed by atoms with Crippen LogP contribution in [0.1, 0.15) is 0 Å². The molecular weight excluding hydrogens is 386 g/mol. The van der Waals surface area contributed by atoms with Gasteiger partial charge in [-0.05, 0) is 23.6 Å². The first kappa shape index (κ1) is 17.4. The quantitative estimate of drug-likeness (QED) is 0.473. The van der Waals surface area contributed by atoms with Crippen molar-refractivity contribution in [3.63, 3.8) is 0 Å². The van der Waals surface area contributed by atoms with E-state index >= 15 is 0 Å². The van der Waals surface area contributed by atoms with E-state index in [1.165, 1.54) is 6.20 Å². The summed E-state index contributed by atoms with van der Waals surface area (Å²) < 4.78 is 1.15. The van der Waals surface area contributed by atoms with Crippen LogP contribution in [-0.4, -0.2) is 14.5 Å². The largest absolute Gasteiger partial charge is 0.333 e. The zero-order valence-corrected chi connectivity index (χ0v) is 15.9. The molecule has 5 rings (SSSR count). The number of pyridine rings is 1. The molecule has 0 atom stereocenters. The molecule has 0 aliphatic rings. The minimum absolute atomic E-state index is 0.327. The topological polar surface area (TPSA) is 67.8 Å². The average Bonchev–Trinajstić information content (AvgIpc) is 2.74. The Balaban J connectivity index is 1.78. The predicted octanol–water partition coefficient (Wildman–Crippen LogP) is 4.55. The molecule has 140 valence electrons. The molecule has 0 fully saturated rings. The molecule has 0 bridgehead atoms. The standard InChI is InChI=1S/C23H14ClN3O2/c24-18-10-4-3-9-16(18)19-12-20-17(13-25-19)22(28)27(23(29)26-20)21-11-5-7-14-6-1-2-8-15(14)21/h1-13H,(H,26,29). The second kappa shape index (κ2) is 6.72. The van der Waals surface area contributed by atoms with Gasteiger partial charge in [-0.3, -0.25) is 9.78 Å². The van der Waals surface area contributed by atoms with Gasteiger partial charge in [0, 0.05) is 22.2 Å². The average molecular weight is 400 g/mol. The fourth-order valence-corrected chi connectivity index (χ4v) is 3.78. The summed E-state index contributed by atoms with van der Waals surface area (Å²) in [5, 5.41) is 2.64. The number of benzene rings is 3. The van der Waals surface area contributed by atoms with Gasteiger partial charge in [0.1, 0.15) is 0 Å². The van der Waals surface area contributed by atoms with E-state index < -0.39 is 11.2 Å². The number of fused-ring (bicyclic) bond motifs is 2. The molecule has 1 N–H and O–H groups in total. The number of H-pyrrole nitrogens is 1. The molecule has 0 saturated heterocycles. The zero-order chi connectivity index (χ0) is 20.0. The molecule has 6 heteroatoms. The highest BCUT2D eigenvalue weighted by Gasteiger charge is 2.14. The van der Waals surface area contributed by atoms with E-state index in [0.717, 1.165) is 20.9 Å². The summed E-state index contributed by atoms with van der Waals surface area (Å²) >= 11 is 6.26. The lowest BCUT2D eigenvalue weighted by Gasteiger charge is -2.10. The van der Waals surface area contributed by atoms with Crippen molar-refractivity contribution in [2.45, 2.75) is 0 Å². The monoisotopic (exact) mass is 399 g/mol. The van der Waals surface area contributed by atoms with Crippen LogP contribution in [0.15, 0.2) is 88.6 Å². The summed E-state index contributed by atoms with van der Waals surface area (Å²) in [4.78, 5) is 33.3. The minimum atomic E-state index is -0.504. The number of aromatic nitrogens is 3. The maximum atomic E-state index is 13.2. The molecular formula is C23H14ClN3O2. The number of hydrogen-bond acceptors (Lipinski definition) is 3. The SMILES string of the molecule is O=c1[nH]c2cc(-c3ccccc3Cl)ncc2c(=O)n1-c1cccc2ccccc12. The molecule has 29 heavy (non-hydrogen) atoms. The Morgan fingerprint density at radius 1 is 0.862 bits per heavy atom. The number of nitrogens with one attached hydrogen (secondary N) is 1. The fraction of sp³-hybridized carbons (Fsp3) is 0. The molecule has 3 aromatic carbocycles. The summed E-state index contributed by atoms with van der Waals surface area (Å²) in [7, 11) is 0. The molecule has 0 amide bonds. The normalized spacial score (nSPS) is 11.2. The molecule has 2 heterocycles. The Bertz CT molecular complexity index is 1510. The Hall–Kier alpha value is -3.70. The highest BCUT2D eigenvalue weighted by Crippen LogP contribution is 2.27. The van der Waals surface area contributed by atoms with Crippen molar-refractivity contribution in [1.82, 2.24) is 14.5 Å². The van der Waals surface area contributed by atoms with Crippen LogP contribution in [0.2, 0.25) is 5.02 Å². The number of halogens is 1. The van der Waals surface area contributed by atoms with E-state index in [1.54, 1.807) is 18.2 Å². The maximum Gasteiger partial charge on any atom is 0.333 e. The summed E-state index contributed by atoms with van der Waals surface area (Å²) in [6.07, 6.45) is 1.48. The molecule has 0 aliphatic heterocycles. The molecule has 5 nitrogen and oxygen atoms in total. The summed E-state index contributed by atoms with van der Waals surface area (Å²) in [6.45, 7) is 0. The van der Waals surface area contributed by atoms with Crippen LogP contribution in [0.25, 0.3) is 38.6 Å². The van der Waals surface area contributed by atoms with Crippen molar-refractivity contribution in [3.8, 4) is 16.9 Å². The fourth-order valence-electron chi connectivity index (χ4n) is 3.55. The lowest BCUT2D eigenvalue weighted by molar-refractivity contribution is 0.907. The van der Waals surface area contributed by atoms with E-state index in [4.69, 9.17) is 11.6 Å². The molecule has 0 unspecified atom stereocenters. The van der Waals surface area contributed by atoms with Gasteiger partial charge in [0.05, 0.1) is 22.3 Å². The lowest BCUT2D eigenvalue weighted by Crippen LogP contribution is -2.33. The van der Waals surface area contributed by atoms with Crippen LogP contribution in [0.5, 0.6) is 0 Å². The van der Waals surface area contributed by atoms with Gasteiger partial charge in [-0.15, -0.1) is 0 Å². The number of aromatic amines is 1. The maximum absolute atomic E-state index is 13.2. The molecule has 0 aliphatic carbocycles.